The Morgan fingerprint density at radius 2 is 0.767 bits per heavy atom. The van der Waals surface area contributed by atoms with Crippen LogP contribution in [0.4, 0.5) is 23.8 Å². The molecule has 0 aliphatic carbocycles. The molecule has 10 aromatic rings. The number of fused-ring (bicyclic) bond motifs is 5. The number of hydrogen-bond acceptors (Lipinski definition) is 26. The molecule has 0 radical (unpaired) electrons. The van der Waals surface area contributed by atoms with Gasteiger partial charge in [-0.2, -0.15) is 0 Å². The molecule has 0 aliphatic rings. The van der Waals surface area contributed by atoms with Gasteiger partial charge in [0, 0.05) is 86.2 Å². The number of anilines is 4. The summed E-state index contributed by atoms with van der Waals surface area (Å²) in [5.74, 6) is 1.12. The molecule has 0 saturated heterocycles. The summed E-state index contributed by atoms with van der Waals surface area (Å²) in [4.78, 5) is 26.1. The van der Waals surface area contributed by atoms with Crippen LogP contribution < -0.4 is 51.2 Å². The van der Waals surface area contributed by atoms with Crippen LogP contribution in [0.3, 0.4) is 0 Å². The monoisotopic (exact) mass is 1200 g/mol. The number of nitrogens with one attached hydrogen (secondary N) is 4. The summed E-state index contributed by atoms with van der Waals surface area (Å²) in [6.07, 6.45) is 0.993. The van der Waals surface area contributed by atoms with E-state index in [9.17, 15) is 26.0 Å². The van der Waals surface area contributed by atoms with Crippen molar-refractivity contribution in [3.63, 3.8) is 0 Å². The Balaban J connectivity index is 0.000000173. The van der Waals surface area contributed by atoms with Crippen LogP contribution >= 0.6 is 11.6 Å². The number of benzene rings is 5. The minimum Gasteiger partial charge on any atom is -0.594 e. The zero-order valence-electron chi connectivity index (χ0n) is 46.5. The summed E-state index contributed by atoms with van der Waals surface area (Å²) in [5, 5.41) is 99.6. The number of aliphatic hydroxyl groups is 1. The van der Waals surface area contributed by atoms with E-state index in [1.54, 1.807) is 103 Å². The molecule has 86 heavy (non-hydrogen) atoms. The summed E-state index contributed by atoms with van der Waals surface area (Å²) in [5.41, 5.74) is 18.5. The van der Waals surface area contributed by atoms with E-state index in [0.29, 0.717) is 177 Å². The molecule has 34 heteroatoms. The topological polar surface area (TPSA) is 444 Å². The molecule has 7 N–H and O–H groups in total. The smallest absolute Gasteiger partial charge is 0.290 e. The van der Waals surface area contributed by atoms with Crippen LogP contribution in [0.1, 0.15) is 13.3 Å². The Morgan fingerprint density at radius 3 is 1.09 bits per heavy atom. The number of ether oxygens (including phenoxy) is 4. The summed E-state index contributed by atoms with van der Waals surface area (Å²) in [7, 11) is 0. The molecule has 5 aromatic heterocycles. The van der Waals surface area contributed by atoms with Gasteiger partial charge in [-0.25, -0.2) is 24.9 Å². The number of azide groups is 1. The lowest BCUT2D eigenvalue weighted by atomic mass is 10.3. The number of aromatic nitrogens is 15. The van der Waals surface area contributed by atoms with E-state index in [-0.39, 0.29) is 23.8 Å². The van der Waals surface area contributed by atoms with E-state index in [2.05, 4.69) is 88.6 Å². The lowest BCUT2D eigenvalue weighted by Crippen LogP contribution is -2.33. The van der Waals surface area contributed by atoms with Crippen LogP contribution in [0.2, 0.25) is 5.28 Å². The van der Waals surface area contributed by atoms with Crippen molar-refractivity contribution in [3.05, 3.63) is 163 Å². The van der Waals surface area contributed by atoms with Crippen molar-refractivity contribution in [2.75, 3.05) is 120 Å². The number of aliphatic hydroxyl groups excluding tert-OH is 1. The van der Waals surface area contributed by atoms with Crippen LogP contribution in [0.25, 0.3) is 65.6 Å². The Hall–Kier alpha value is -9.99. The number of rotatable bonds is 25. The molecule has 10 rings (SSSR count). The minimum absolute atomic E-state index is 0.00691. The Labute approximate surface area is 494 Å². The van der Waals surface area contributed by atoms with Crippen LogP contribution in [0.15, 0.2) is 126 Å². The summed E-state index contributed by atoms with van der Waals surface area (Å²) in [6, 6.07) is 34.9. The van der Waals surface area contributed by atoms with Crippen molar-refractivity contribution >= 4 is 90.6 Å². The third-order valence-corrected chi connectivity index (χ3v) is 11.0. The highest BCUT2D eigenvalue weighted by atomic mass is 35.5. The van der Waals surface area contributed by atoms with Gasteiger partial charge in [-0.15, -0.1) is 0 Å². The molecule has 0 unspecified atom stereocenters. The molecule has 0 fully saturated rings. The standard InChI is InChI=1S/C12H16N4O2.C11H13N7O2.C11H15N5O2.C11H14N4O3.C7H4ClN3O/c1-2-8-18-9-7-13-12-14-10-5-3-4-6-11(10)16(17)15-12;12-17-14-6-8-20-7-5-13-11-15-9-3-1-2-4-10(9)18(19)16-11;12-5-7-18-8-6-13-11-14-9-3-1-2-4-10(9)16(17)15-11;16-6-8-18-7-5-12-11-13-9-3-1-2-4-10(9)15(17)14-11;8-7-9-5-3-1-2-4-6(5)11(12)10-7/h3-6H,2,7-9H2,1H3,(H,13,14,15);1-4H,5-8H2,(H,13,15,16);1-4H,5-8,12H2,(H,13,14,15);1-4,16H,5-8H2,(H,12,13,14);1-4H. The molecule has 33 nitrogen and oxygen atoms in total. The van der Waals surface area contributed by atoms with Crippen LogP contribution in [-0.4, -0.2) is 154 Å². The molecule has 0 amide bonds. The number of nitrogens with two attached hydrogens (primary N) is 1. The molecule has 0 aliphatic heterocycles. The average Bonchev–Trinajstić information content (AvgIpc) is 2.52. The van der Waals surface area contributed by atoms with Gasteiger partial charge in [-0.1, -0.05) is 72.7 Å². The molecular formula is C52H62ClN23O10. The zero-order chi connectivity index (χ0) is 61.1. The first-order valence-corrected chi connectivity index (χ1v) is 27.0. The summed E-state index contributed by atoms with van der Waals surface area (Å²) < 4.78 is 20.8. The van der Waals surface area contributed by atoms with Crippen molar-refractivity contribution in [2.45, 2.75) is 13.3 Å². The van der Waals surface area contributed by atoms with Crippen LogP contribution in [-0.2, 0) is 18.9 Å². The summed E-state index contributed by atoms with van der Waals surface area (Å²) in [6.45, 7) is 8.64. The second-order valence-electron chi connectivity index (χ2n) is 17.1. The third-order valence-electron chi connectivity index (χ3n) is 10.8. The van der Waals surface area contributed by atoms with E-state index >= 15 is 0 Å². The first-order chi connectivity index (χ1) is 42.0. The second-order valence-corrected chi connectivity index (χ2v) is 17.4. The fourth-order valence-electron chi connectivity index (χ4n) is 7.05. The highest BCUT2D eigenvalue weighted by Crippen LogP contribution is 2.12. The molecule has 452 valence electrons. The normalized spacial score (nSPS) is 10.6. The number of para-hydroxylation sites is 10. The van der Waals surface area contributed by atoms with Crippen molar-refractivity contribution in [1.29, 1.82) is 0 Å². The largest absolute Gasteiger partial charge is 0.594 e. The van der Waals surface area contributed by atoms with Crippen molar-refractivity contribution < 1.29 is 48.3 Å². The van der Waals surface area contributed by atoms with E-state index in [1.165, 1.54) is 0 Å². The lowest BCUT2D eigenvalue weighted by molar-refractivity contribution is -0.643. The number of halogens is 1. The number of nitrogens with zero attached hydrogens (tertiary/aromatic N) is 18. The maximum atomic E-state index is 11.7. The molecular weight excluding hydrogens is 1140 g/mol. The second kappa shape index (κ2) is 36.6. The molecule has 5 heterocycles. The van der Waals surface area contributed by atoms with Gasteiger partial charge in [-0.05, 0) is 78.1 Å². The van der Waals surface area contributed by atoms with Crippen molar-refractivity contribution in [2.24, 2.45) is 10.8 Å². The molecule has 0 spiro atoms. The van der Waals surface area contributed by atoms with Crippen molar-refractivity contribution in [1.82, 2.24) is 50.4 Å². The van der Waals surface area contributed by atoms with Gasteiger partial charge < -0.3 is 77.1 Å². The quantitative estimate of drug-likeness (QED) is 0.0119. The van der Waals surface area contributed by atoms with E-state index in [4.69, 9.17) is 46.9 Å². The highest BCUT2D eigenvalue weighted by molar-refractivity contribution is 6.28. The maximum Gasteiger partial charge on any atom is 0.290 e. The van der Waals surface area contributed by atoms with Gasteiger partial charge in [0.2, 0.25) is 0 Å². The van der Waals surface area contributed by atoms with Gasteiger partial charge in [0.15, 0.2) is 0 Å². The SMILES string of the molecule is CCCOCCNc1nc2ccccc2[n+]([O-])n1.NCCOCCNc1nc2ccccc2[n+]([O-])n1.[N-]=[N+]=NCCOCCNc1nc2ccccc2[n+]([O-])n1.[O-][n+]1nc(Cl)nc2ccccc21.[O-][n+]1nc(NCCOCCO)nc2ccccc21. The van der Waals surface area contributed by atoms with E-state index in [1.807, 2.05) is 18.2 Å². The molecule has 0 atom stereocenters. The highest BCUT2D eigenvalue weighted by Gasteiger charge is 2.13. The predicted molar refractivity (Wildman–Crippen MR) is 315 cm³/mol. The average molecular weight is 1200 g/mol. The fourth-order valence-corrected chi connectivity index (χ4v) is 7.21. The Kier molecular flexibility index (Phi) is 27.7. The number of hydrogen-bond donors (Lipinski definition) is 6. The Morgan fingerprint density at radius 1 is 0.465 bits per heavy atom. The third kappa shape index (κ3) is 21.6. The van der Waals surface area contributed by atoms with Gasteiger partial charge in [0.1, 0.15) is 27.6 Å². The molecule has 0 bridgehead atoms. The van der Waals surface area contributed by atoms with Crippen LogP contribution in [0, 0.1) is 26.0 Å². The van der Waals surface area contributed by atoms with Crippen LogP contribution in [0.5, 0.6) is 0 Å². The Bertz CT molecular complexity index is 3510. The van der Waals surface area contributed by atoms with Crippen molar-refractivity contribution in [3.8, 4) is 0 Å². The van der Waals surface area contributed by atoms with E-state index < -0.39 is 0 Å². The molecule has 0 saturated carbocycles. The maximum absolute atomic E-state index is 11.7. The van der Waals surface area contributed by atoms with Gasteiger partial charge in [-0.3, -0.25) is 0 Å². The summed E-state index contributed by atoms with van der Waals surface area (Å²) >= 11 is 5.48. The first-order valence-electron chi connectivity index (χ1n) is 26.6. The minimum atomic E-state index is -0.0382. The van der Waals surface area contributed by atoms with E-state index in [0.717, 1.165) is 13.0 Å². The fraction of sp³-hybridized carbons (Fsp3) is 0.327. The van der Waals surface area contributed by atoms with Gasteiger partial charge in [0.05, 0.1) is 73.2 Å². The lowest BCUT2D eigenvalue weighted by Gasteiger charge is -2.05. The van der Waals surface area contributed by atoms with Gasteiger partial charge >= 0.3 is 0 Å². The predicted octanol–water partition coefficient (Wildman–Crippen LogP) is 2.35. The molecule has 5 aromatic carbocycles. The first kappa shape index (κ1) is 65.2. The zero-order valence-corrected chi connectivity index (χ0v) is 47.2. The van der Waals surface area contributed by atoms with Gasteiger partial charge in [0.25, 0.3) is 56.7 Å².